The maximum atomic E-state index is 11.7. The van der Waals surface area contributed by atoms with Gasteiger partial charge in [0.25, 0.3) is 5.91 Å². The number of nitrogens with two attached hydrogens (primary N) is 1. The van der Waals surface area contributed by atoms with Gasteiger partial charge in [-0.3, -0.25) is 4.79 Å². The van der Waals surface area contributed by atoms with E-state index in [0.29, 0.717) is 13.0 Å². The molecule has 0 bridgehead atoms. The average Bonchev–Trinajstić information content (AvgIpc) is 3.48. The van der Waals surface area contributed by atoms with Gasteiger partial charge in [0.2, 0.25) is 0 Å². The number of ether oxygens (including phenoxy) is 1. The number of furan rings is 1. The van der Waals surface area contributed by atoms with E-state index in [1.54, 1.807) is 12.5 Å². The van der Waals surface area contributed by atoms with Gasteiger partial charge in [0.1, 0.15) is 22.8 Å². The lowest BCUT2D eigenvalue weighted by molar-refractivity contribution is 0.0994. The van der Waals surface area contributed by atoms with Crippen molar-refractivity contribution in [3.05, 3.63) is 72.8 Å². The Morgan fingerprint density at radius 1 is 1.14 bits per heavy atom. The van der Waals surface area contributed by atoms with Crippen molar-refractivity contribution in [3.8, 4) is 17.1 Å². The summed E-state index contributed by atoms with van der Waals surface area (Å²) in [5.41, 5.74) is 7.51. The van der Waals surface area contributed by atoms with Gasteiger partial charge in [-0.1, -0.05) is 51.1 Å². The molecule has 0 saturated carbocycles. The molecule has 2 N–H and O–H groups in total. The number of hydrogen-bond acceptors (Lipinski definition) is 5. The third-order valence-electron chi connectivity index (χ3n) is 7.29. The number of benzene rings is 2. The molecule has 7 nitrogen and oxygen atoms in total. The van der Waals surface area contributed by atoms with Gasteiger partial charge in [0.05, 0.1) is 25.1 Å². The van der Waals surface area contributed by atoms with E-state index in [0.717, 1.165) is 28.0 Å². The summed E-state index contributed by atoms with van der Waals surface area (Å²) in [5, 5.41) is 1.14. The summed E-state index contributed by atoms with van der Waals surface area (Å²) in [6, 6.07) is 17.8. The smallest absolute Gasteiger partial charge is 0.268 e. The lowest BCUT2D eigenvalue weighted by atomic mass is 10.1. The number of amides is 1. The van der Waals surface area contributed by atoms with Crippen LogP contribution in [-0.4, -0.2) is 36.5 Å². The SMILES string of the molecule is C[C@H](O[Si](C)(C)C(C)(C)C)[C@@H](CCOc1cccc(-c2cc3ccccc3o2)c1)n1cnc(C(N)=O)c1. The molecule has 0 saturated heterocycles. The van der Waals surface area contributed by atoms with Crippen molar-refractivity contribution in [3.63, 3.8) is 0 Å². The van der Waals surface area contributed by atoms with E-state index in [1.165, 1.54) is 0 Å². The number of carbonyl (C=O) groups excluding carboxylic acids is 1. The molecule has 0 aliphatic carbocycles. The highest BCUT2D eigenvalue weighted by molar-refractivity contribution is 6.74. The van der Waals surface area contributed by atoms with Gasteiger partial charge in [-0.05, 0) is 49.3 Å². The summed E-state index contributed by atoms with van der Waals surface area (Å²) < 4.78 is 20.8. The summed E-state index contributed by atoms with van der Waals surface area (Å²) in [5.74, 6) is 1.02. The van der Waals surface area contributed by atoms with Crippen molar-refractivity contribution >= 4 is 25.2 Å². The van der Waals surface area contributed by atoms with Crippen LogP contribution in [0.4, 0.5) is 0 Å². The molecule has 0 aliphatic rings. The maximum absolute atomic E-state index is 11.7. The normalized spacial score (nSPS) is 14.0. The molecule has 4 aromatic rings. The van der Waals surface area contributed by atoms with E-state index in [9.17, 15) is 4.79 Å². The molecule has 2 aromatic heterocycles. The zero-order valence-corrected chi connectivity index (χ0v) is 23.5. The maximum Gasteiger partial charge on any atom is 0.268 e. The Morgan fingerprint density at radius 3 is 2.57 bits per heavy atom. The molecule has 196 valence electrons. The van der Waals surface area contributed by atoms with Crippen LogP contribution in [0.1, 0.15) is 50.6 Å². The van der Waals surface area contributed by atoms with E-state index in [4.69, 9.17) is 19.3 Å². The molecule has 2 atom stereocenters. The fourth-order valence-electron chi connectivity index (χ4n) is 4.15. The minimum absolute atomic E-state index is 0.0757. The highest BCUT2D eigenvalue weighted by Crippen LogP contribution is 2.39. The molecule has 0 radical (unpaired) electrons. The monoisotopic (exact) mass is 519 g/mol. The van der Waals surface area contributed by atoms with Crippen LogP contribution >= 0.6 is 0 Å². The molecule has 0 unspecified atom stereocenters. The van der Waals surface area contributed by atoms with Gasteiger partial charge < -0.3 is 23.9 Å². The predicted molar refractivity (Wildman–Crippen MR) is 149 cm³/mol. The van der Waals surface area contributed by atoms with Gasteiger partial charge in [-0.2, -0.15) is 0 Å². The Bertz CT molecular complexity index is 1340. The van der Waals surface area contributed by atoms with Crippen molar-refractivity contribution in [2.45, 2.75) is 64.4 Å². The number of carbonyl (C=O) groups is 1. The first-order valence-electron chi connectivity index (χ1n) is 12.7. The molecule has 1 amide bonds. The Balaban J connectivity index is 1.49. The molecule has 2 aromatic carbocycles. The standard InChI is InChI=1S/C29H37N3O4Si/c1-20(36-37(5,6)29(2,3)4)25(32-18-24(28(30)33)31-19-32)14-15-34-23-12-9-11-21(16-23)27-17-22-10-7-8-13-26(22)35-27/h7-13,16-20,25H,14-15H2,1-6H3,(H2,30,33)/t20-,25+/m0/s1. The second-order valence-electron chi connectivity index (χ2n) is 11.0. The molecule has 2 heterocycles. The van der Waals surface area contributed by atoms with E-state index >= 15 is 0 Å². The molecule has 8 heteroatoms. The van der Waals surface area contributed by atoms with Crippen LogP contribution in [0.15, 0.2) is 71.5 Å². The number of fused-ring (bicyclic) bond motifs is 1. The van der Waals surface area contributed by atoms with Crippen LogP contribution in [-0.2, 0) is 4.43 Å². The highest BCUT2D eigenvalue weighted by Gasteiger charge is 2.40. The quantitative estimate of drug-likeness (QED) is 0.232. The zero-order chi connectivity index (χ0) is 26.8. The van der Waals surface area contributed by atoms with Crippen LogP contribution in [0.2, 0.25) is 18.1 Å². The second-order valence-corrected chi connectivity index (χ2v) is 15.8. The predicted octanol–water partition coefficient (Wildman–Crippen LogP) is 6.82. The van der Waals surface area contributed by atoms with Crippen LogP contribution in [0.5, 0.6) is 5.75 Å². The van der Waals surface area contributed by atoms with E-state index < -0.39 is 14.2 Å². The minimum atomic E-state index is -2.02. The molecule has 0 spiro atoms. The summed E-state index contributed by atoms with van der Waals surface area (Å²) in [6.07, 6.45) is 3.90. The molecule has 0 aliphatic heterocycles. The minimum Gasteiger partial charge on any atom is -0.493 e. The lowest BCUT2D eigenvalue weighted by Gasteiger charge is -2.40. The molecular formula is C29H37N3O4Si. The van der Waals surface area contributed by atoms with Crippen LogP contribution in [0.3, 0.4) is 0 Å². The lowest BCUT2D eigenvalue weighted by Crippen LogP contribution is -2.45. The van der Waals surface area contributed by atoms with Crippen LogP contribution in [0, 0.1) is 0 Å². The fourth-order valence-corrected chi connectivity index (χ4v) is 5.59. The Morgan fingerprint density at radius 2 is 1.89 bits per heavy atom. The number of imidazole rings is 1. The summed E-state index contributed by atoms with van der Waals surface area (Å²) in [7, 11) is -2.02. The van der Waals surface area contributed by atoms with E-state index in [2.05, 4.69) is 45.8 Å². The second kappa shape index (κ2) is 10.6. The fraction of sp³-hybridized carbons (Fsp3) is 0.379. The number of nitrogens with zero attached hydrogens (tertiary/aromatic N) is 2. The Kier molecular flexibility index (Phi) is 7.61. The van der Waals surface area contributed by atoms with Crippen molar-refractivity contribution in [1.82, 2.24) is 9.55 Å². The van der Waals surface area contributed by atoms with Gasteiger partial charge in [0.15, 0.2) is 8.32 Å². The van der Waals surface area contributed by atoms with Gasteiger partial charge in [-0.25, -0.2) is 4.98 Å². The number of primary amides is 1. The van der Waals surface area contributed by atoms with Gasteiger partial charge in [-0.15, -0.1) is 0 Å². The van der Waals surface area contributed by atoms with Crippen molar-refractivity contribution < 1.29 is 18.4 Å². The summed E-state index contributed by atoms with van der Waals surface area (Å²) in [4.78, 5) is 15.8. The average molecular weight is 520 g/mol. The molecule has 0 fully saturated rings. The van der Waals surface area contributed by atoms with Crippen molar-refractivity contribution in [1.29, 1.82) is 0 Å². The molecular weight excluding hydrogens is 482 g/mol. The van der Waals surface area contributed by atoms with Crippen molar-refractivity contribution in [2.75, 3.05) is 6.61 Å². The summed E-state index contributed by atoms with van der Waals surface area (Å²) >= 11 is 0. The first kappa shape index (κ1) is 26.7. The number of para-hydroxylation sites is 1. The Labute approximate surface area is 219 Å². The topological polar surface area (TPSA) is 92.5 Å². The van der Waals surface area contributed by atoms with E-state index in [-0.39, 0.29) is 22.9 Å². The van der Waals surface area contributed by atoms with Gasteiger partial charge in [0, 0.05) is 23.6 Å². The van der Waals surface area contributed by atoms with Crippen molar-refractivity contribution in [2.24, 2.45) is 5.73 Å². The molecule has 4 rings (SSSR count). The zero-order valence-electron chi connectivity index (χ0n) is 22.5. The highest BCUT2D eigenvalue weighted by atomic mass is 28.4. The van der Waals surface area contributed by atoms with Crippen LogP contribution < -0.4 is 10.5 Å². The first-order chi connectivity index (χ1) is 17.4. The first-order valence-corrected chi connectivity index (χ1v) is 15.6. The number of rotatable bonds is 10. The number of aromatic nitrogens is 2. The van der Waals surface area contributed by atoms with Crippen LogP contribution in [0.25, 0.3) is 22.3 Å². The van der Waals surface area contributed by atoms with Gasteiger partial charge >= 0.3 is 0 Å². The molecule has 37 heavy (non-hydrogen) atoms. The third kappa shape index (κ3) is 6.14. The van der Waals surface area contributed by atoms with E-state index in [1.807, 2.05) is 59.2 Å². The third-order valence-corrected chi connectivity index (χ3v) is 11.9. The summed E-state index contributed by atoms with van der Waals surface area (Å²) in [6.45, 7) is 13.7. The number of hydrogen-bond donors (Lipinski definition) is 1. The Hall–Kier alpha value is -3.36. The largest absolute Gasteiger partial charge is 0.493 e.